The number of hydrogen-bond acceptors (Lipinski definition) is 3. The van der Waals surface area contributed by atoms with E-state index in [0.29, 0.717) is 0 Å². The van der Waals surface area contributed by atoms with Gasteiger partial charge in [0.25, 0.3) is 0 Å². The summed E-state index contributed by atoms with van der Waals surface area (Å²) in [4.78, 5) is 4.32. The lowest BCUT2D eigenvalue weighted by Crippen LogP contribution is -2.39. The molecule has 1 aliphatic heterocycles. The van der Waals surface area contributed by atoms with Crippen LogP contribution < -0.4 is 10.6 Å². The first kappa shape index (κ1) is 20.1. The van der Waals surface area contributed by atoms with Gasteiger partial charge in [0.2, 0.25) is 0 Å². The number of aromatic nitrogens is 2. The molecule has 25 heavy (non-hydrogen) atoms. The van der Waals surface area contributed by atoms with Crippen LogP contribution in [0.15, 0.2) is 47.7 Å². The molecule has 2 heterocycles. The maximum Gasteiger partial charge on any atom is 0.191 e. The Hall–Kier alpha value is -1.22. The quantitative estimate of drug-likeness (QED) is 0.386. The first-order chi connectivity index (χ1) is 11.8. The molecule has 0 spiro atoms. The second-order valence-electron chi connectivity index (χ2n) is 5.97. The number of nitrogens with zero attached hydrogens (tertiary/aromatic N) is 3. The van der Waals surface area contributed by atoms with Gasteiger partial charge in [-0.15, -0.1) is 24.0 Å². The summed E-state index contributed by atoms with van der Waals surface area (Å²) < 4.78 is 1.94. The summed E-state index contributed by atoms with van der Waals surface area (Å²) in [5.41, 5.74) is 2.50. The Bertz CT molecular complexity index is 653. The summed E-state index contributed by atoms with van der Waals surface area (Å²) in [6, 6.07) is 10.5. The van der Waals surface area contributed by atoms with Crippen LogP contribution in [0.3, 0.4) is 0 Å². The summed E-state index contributed by atoms with van der Waals surface area (Å²) in [6.07, 6.45) is 6.44. The number of thioether (sulfide) groups is 1. The summed E-state index contributed by atoms with van der Waals surface area (Å²) >= 11 is 2.06. The molecule has 5 nitrogen and oxygen atoms in total. The van der Waals surface area contributed by atoms with Gasteiger partial charge in [-0.3, -0.25) is 9.67 Å². The van der Waals surface area contributed by atoms with Crippen molar-refractivity contribution in [2.24, 2.45) is 4.99 Å². The highest BCUT2D eigenvalue weighted by Gasteiger charge is 2.15. The molecule has 2 aromatic rings. The van der Waals surface area contributed by atoms with Gasteiger partial charge < -0.3 is 10.6 Å². The van der Waals surface area contributed by atoms with Crippen LogP contribution in [0.25, 0.3) is 0 Å². The van der Waals surface area contributed by atoms with Gasteiger partial charge in [0.05, 0.1) is 6.54 Å². The maximum atomic E-state index is 4.32. The molecular formula is C18H26IN5S. The minimum absolute atomic E-state index is 0. The van der Waals surface area contributed by atoms with Gasteiger partial charge in [0.15, 0.2) is 5.96 Å². The SMILES string of the molecule is CN=C(NCc1cccc(Cn2cccn2)c1)NCC1CCCS1.I. The molecule has 1 unspecified atom stereocenters. The molecule has 3 rings (SSSR count). The van der Waals surface area contributed by atoms with Gasteiger partial charge in [0, 0.05) is 37.8 Å². The molecular weight excluding hydrogens is 445 g/mol. The molecule has 0 radical (unpaired) electrons. The monoisotopic (exact) mass is 471 g/mol. The highest BCUT2D eigenvalue weighted by molar-refractivity contribution is 14.0. The lowest BCUT2D eigenvalue weighted by atomic mass is 10.1. The van der Waals surface area contributed by atoms with Crippen LogP contribution in [0.5, 0.6) is 0 Å². The summed E-state index contributed by atoms with van der Waals surface area (Å²) in [7, 11) is 1.82. The van der Waals surface area contributed by atoms with E-state index in [1.807, 2.05) is 30.2 Å². The van der Waals surface area contributed by atoms with Crippen molar-refractivity contribution in [2.45, 2.75) is 31.2 Å². The van der Waals surface area contributed by atoms with E-state index in [1.54, 1.807) is 0 Å². The summed E-state index contributed by atoms with van der Waals surface area (Å²) in [6.45, 7) is 2.56. The Morgan fingerprint density at radius 1 is 1.32 bits per heavy atom. The van der Waals surface area contributed by atoms with Crippen molar-refractivity contribution in [3.8, 4) is 0 Å². The number of benzene rings is 1. The largest absolute Gasteiger partial charge is 0.355 e. The minimum Gasteiger partial charge on any atom is -0.355 e. The van der Waals surface area contributed by atoms with Gasteiger partial charge in [0.1, 0.15) is 0 Å². The van der Waals surface area contributed by atoms with Crippen molar-refractivity contribution in [2.75, 3.05) is 19.3 Å². The molecule has 0 aliphatic carbocycles. The van der Waals surface area contributed by atoms with Gasteiger partial charge in [-0.25, -0.2) is 0 Å². The fourth-order valence-electron chi connectivity index (χ4n) is 2.84. The Labute approximate surface area is 171 Å². The van der Waals surface area contributed by atoms with Crippen LogP contribution in [0.1, 0.15) is 24.0 Å². The number of guanidine groups is 1. The molecule has 0 bridgehead atoms. The van der Waals surface area contributed by atoms with E-state index >= 15 is 0 Å². The molecule has 1 aromatic heterocycles. The third-order valence-corrected chi connectivity index (χ3v) is 5.50. The normalized spacial score (nSPS) is 17.2. The third kappa shape index (κ3) is 6.54. The Morgan fingerprint density at radius 2 is 2.20 bits per heavy atom. The summed E-state index contributed by atoms with van der Waals surface area (Å²) in [5, 5.41) is 11.8. The molecule has 0 amide bonds. The van der Waals surface area contributed by atoms with Crippen LogP contribution in [0.2, 0.25) is 0 Å². The van der Waals surface area contributed by atoms with E-state index in [9.17, 15) is 0 Å². The van der Waals surface area contributed by atoms with Crippen molar-refractivity contribution in [3.05, 3.63) is 53.9 Å². The molecule has 7 heteroatoms. The minimum atomic E-state index is 0. The zero-order chi connectivity index (χ0) is 16.6. The zero-order valence-electron chi connectivity index (χ0n) is 14.5. The average molecular weight is 471 g/mol. The Morgan fingerprint density at radius 3 is 2.92 bits per heavy atom. The van der Waals surface area contributed by atoms with Crippen molar-refractivity contribution in [1.82, 2.24) is 20.4 Å². The fraction of sp³-hybridized carbons (Fsp3) is 0.444. The van der Waals surface area contributed by atoms with Gasteiger partial charge >= 0.3 is 0 Å². The molecule has 2 N–H and O–H groups in total. The smallest absolute Gasteiger partial charge is 0.191 e. The first-order valence-corrected chi connectivity index (χ1v) is 9.50. The van der Waals surface area contributed by atoms with Crippen molar-refractivity contribution in [1.29, 1.82) is 0 Å². The first-order valence-electron chi connectivity index (χ1n) is 8.45. The van der Waals surface area contributed by atoms with Gasteiger partial charge in [-0.2, -0.15) is 16.9 Å². The molecule has 136 valence electrons. The second-order valence-corrected chi connectivity index (χ2v) is 7.37. The third-order valence-electron chi connectivity index (χ3n) is 4.10. The number of halogens is 1. The molecule has 1 aromatic carbocycles. The predicted octanol–water partition coefficient (Wildman–Crippen LogP) is 3.11. The van der Waals surface area contributed by atoms with E-state index in [-0.39, 0.29) is 24.0 Å². The van der Waals surface area contributed by atoms with E-state index in [2.05, 4.69) is 56.8 Å². The van der Waals surface area contributed by atoms with Crippen LogP contribution >= 0.6 is 35.7 Å². The van der Waals surface area contributed by atoms with Crippen LogP contribution in [0.4, 0.5) is 0 Å². The molecule has 1 aliphatic rings. The standard InChI is InChI=1S/C18H25N5S.HI/c1-19-18(21-13-17-7-3-10-24-17)20-12-15-5-2-6-16(11-15)14-23-9-4-8-22-23;/h2,4-6,8-9,11,17H,3,7,10,12-14H2,1H3,(H2,19,20,21);1H. The number of aliphatic imine (C=N–C) groups is 1. The zero-order valence-corrected chi connectivity index (χ0v) is 17.7. The topological polar surface area (TPSA) is 54.2 Å². The lowest BCUT2D eigenvalue weighted by Gasteiger charge is -2.15. The Kier molecular flexibility index (Phi) is 8.60. The van der Waals surface area contributed by atoms with E-state index in [4.69, 9.17) is 0 Å². The summed E-state index contributed by atoms with van der Waals surface area (Å²) in [5.74, 6) is 2.17. The van der Waals surface area contributed by atoms with Crippen LogP contribution in [-0.4, -0.2) is 40.3 Å². The molecule has 0 saturated carbocycles. The maximum absolute atomic E-state index is 4.32. The van der Waals surface area contributed by atoms with Crippen molar-refractivity contribution >= 4 is 41.7 Å². The van der Waals surface area contributed by atoms with Crippen LogP contribution in [-0.2, 0) is 13.1 Å². The Balaban J connectivity index is 0.00000225. The van der Waals surface area contributed by atoms with E-state index in [1.165, 1.54) is 29.7 Å². The molecule has 1 atom stereocenters. The highest BCUT2D eigenvalue weighted by atomic mass is 127. The van der Waals surface area contributed by atoms with Crippen LogP contribution in [0, 0.1) is 0 Å². The molecule has 1 fully saturated rings. The highest BCUT2D eigenvalue weighted by Crippen LogP contribution is 2.25. The average Bonchev–Trinajstić information content (AvgIpc) is 3.29. The van der Waals surface area contributed by atoms with E-state index < -0.39 is 0 Å². The lowest BCUT2D eigenvalue weighted by molar-refractivity contribution is 0.685. The fourth-order valence-corrected chi connectivity index (χ4v) is 4.04. The molecule has 1 saturated heterocycles. The van der Waals surface area contributed by atoms with Gasteiger partial charge in [-0.1, -0.05) is 24.3 Å². The number of nitrogens with one attached hydrogen (secondary N) is 2. The predicted molar refractivity (Wildman–Crippen MR) is 117 cm³/mol. The number of rotatable bonds is 6. The van der Waals surface area contributed by atoms with Crippen molar-refractivity contribution < 1.29 is 0 Å². The second kappa shape index (κ2) is 10.7. The van der Waals surface area contributed by atoms with Crippen molar-refractivity contribution in [3.63, 3.8) is 0 Å². The number of hydrogen-bond donors (Lipinski definition) is 2. The van der Waals surface area contributed by atoms with Gasteiger partial charge in [-0.05, 0) is 35.8 Å². The van der Waals surface area contributed by atoms with E-state index in [0.717, 1.165) is 30.8 Å².